The van der Waals surface area contributed by atoms with E-state index in [9.17, 15) is 9.90 Å². The Balaban J connectivity index is 1.43. The van der Waals surface area contributed by atoms with Crippen LogP contribution in [0.1, 0.15) is 67.2 Å². The third-order valence-corrected chi connectivity index (χ3v) is 6.56. The summed E-state index contributed by atoms with van der Waals surface area (Å²) >= 11 is 0. The smallest absolute Gasteiger partial charge is 0.339 e. The van der Waals surface area contributed by atoms with Gasteiger partial charge in [-0.25, -0.2) is 9.48 Å². The molecule has 2 unspecified atom stereocenters. The van der Waals surface area contributed by atoms with Gasteiger partial charge < -0.3 is 9.84 Å². The van der Waals surface area contributed by atoms with Crippen molar-refractivity contribution >= 4 is 5.97 Å². The summed E-state index contributed by atoms with van der Waals surface area (Å²) in [7, 11) is 1.83. The minimum absolute atomic E-state index is 0.0264. The molecule has 0 radical (unpaired) electrons. The van der Waals surface area contributed by atoms with Crippen molar-refractivity contribution in [3.63, 3.8) is 0 Å². The number of hydrogen-bond donors (Lipinski definition) is 1. The summed E-state index contributed by atoms with van der Waals surface area (Å²) in [5.41, 5.74) is 4.88. The molecular weight excluding hydrogens is 454 g/mol. The Labute approximate surface area is 210 Å². The van der Waals surface area contributed by atoms with Crippen molar-refractivity contribution < 1.29 is 14.6 Å². The predicted molar refractivity (Wildman–Crippen MR) is 137 cm³/mol. The van der Waals surface area contributed by atoms with Gasteiger partial charge in [0, 0.05) is 25.1 Å². The molecule has 8 heteroatoms. The minimum atomic E-state index is -0.975. The lowest BCUT2D eigenvalue weighted by atomic mass is 9.93. The number of carboxylic acid groups (broad SMARTS) is 1. The predicted octanol–water partition coefficient (Wildman–Crippen LogP) is 5.45. The first kappa shape index (κ1) is 23.8. The molecule has 5 rings (SSSR count). The SMILES string of the molecule is Cn1cc(C2CC2c2c(C(=O)O)cnn2-c2cccc(-c3cccc(OCCC(C)(C)C)c3)c2)nn1. The molecular formula is C28H31N5O3. The summed E-state index contributed by atoms with van der Waals surface area (Å²) in [4.78, 5) is 12.0. The number of carbonyl (C=O) groups is 1. The molecule has 8 nitrogen and oxygen atoms in total. The molecule has 2 atom stereocenters. The van der Waals surface area contributed by atoms with Crippen LogP contribution in [0.2, 0.25) is 0 Å². The van der Waals surface area contributed by atoms with Crippen LogP contribution < -0.4 is 4.74 Å². The van der Waals surface area contributed by atoms with E-state index in [4.69, 9.17) is 4.74 Å². The van der Waals surface area contributed by atoms with Gasteiger partial charge in [0.1, 0.15) is 11.3 Å². The molecule has 0 bridgehead atoms. The topological polar surface area (TPSA) is 95.1 Å². The van der Waals surface area contributed by atoms with Crippen LogP contribution in [0.25, 0.3) is 16.8 Å². The number of carboxylic acids is 1. The average Bonchev–Trinajstić information content (AvgIpc) is 3.28. The zero-order chi connectivity index (χ0) is 25.4. The zero-order valence-corrected chi connectivity index (χ0v) is 21.0. The van der Waals surface area contributed by atoms with Gasteiger partial charge in [0.05, 0.1) is 29.9 Å². The van der Waals surface area contributed by atoms with Crippen LogP contribution in [-0.2, 0) is 7.05 Å². The van der Waals surface area contributed by atoms with E-state index in [1.807, 2.05) is 61.8 Å². The van der Waals surface area contributed by atoms with Gasteiger partial charge in [0.2, 0.25) is 0 Å². The fraction of sp³-hybridized carbons (Fsp3) is 0.357. The second kappa shape index (κ2) is 9.26. The van der Waals surface area contributed by atoms with Crippen molar-refractivity contribution in [3.8, 4) is 22.6 Å². The number of hydrogen-bond acceptors (Lipinski definition) is 5. The van der Waals surface area contributed by atoms with Crippen LogP contribution in [0, 0.1) is 5.41 Å². The van der Waals surface area contributed by atoms with E-state index in [-0.39, 0.29) is 22.8 Å². The first-order valence-corrected chi connectivity index (χ1v) is 12.2. The summed E-state index contributed by atoms with van der Waals surface area (Å²) in [6.45, 7) is 7.27. The molecule has 1 saturated carbocycles. The van der Waals surface area contributed by atoms with Crippen LogP contribution in [0.5, 0.6) is 5.75 Å². The number of ether oxygens (including phenoxy) is 1. The molecule has 0 saturated heterocycles. The summed E-state index contributed by atoms with van der Waals surface area (Å²) < 4.78 is 9.44. The molecule has 1 aliphatic carbocycles. The van der Waals surface area contributed by atoms with Gasteiger partial charge in [0.25, 0.3) is 0 Å². The molecule has 2 aromatic carbocycles. The number of aromatic nitrogens is 5. The maximum absolute atomic E-state index is 12.0. The monoisotopic (exact) mass is 485 g/mol. The summed E-state index contributed by atoms with van der Waals surface area (Å²) in [5, 5.41) is 22.6. The maximum Gasteiger partial charge on any atom is 0.339 e. The number of aryl methyl sites for hydroxylation is 1. The zero-order valence-electron chi connectivity index (χ0n) is 21.0. The number of rotatable bonds is 8. The van der Waals surface area contributed by atoms with Crippen molar-refractivity contribution in [2.45, 2.75) is 45.4 Å². The fourth-order valence-electron chi connectivity index (χ4n) is 4.50. The Morgan fingerprint density at radius 3 is 2.56 bits per heavy atom. The molecule has 1 aliphatic rings. The van der Waals surface area contributed by atoms with Crippen molar-refractivity contribution in [2.24, 2.45) is 12.5 Å². The highest BCUT2D eigenvalue weighted by Crippen LogP contribution is 2.55. The van der Waals surface area contributed by atoms with Gasteiger partial charge in [0.15, 0.2) is 0 Å². The number of benzene rings is 2. The van der Waals surface area contributed by atoms with Crippen LogP contribution in [0.15, 0.2) is 60.9 Å². The van der Waals surface area contributed by atoms with Crippen molar-refractivity contribution in [2.75, 3.05) is 6.61 Å². The maximum atomic E-state index is 12.0. The van der Waals surface area contributed by atoms with E-state index >= 15 is 0 Å². The quantitative estimate of drug-likeness (QED) is 0.356. The molecule has 2 heterocycles. The third-order valence-electron chi connectivity index (χ3n) is 6.56. The Hall–Kier alpha value is -3.94. The van der Waals surface area contributed by atoms with Crippen LogP contribution in [0.3, 0.4) is 0 Å². The van der Waals surface area contributed by atoms with E-state index in [0.717, 1.165) is 41.1 Å². The van der Waals surface area contributed by atoms with Gasteiger partial charge >= 0.3 is 5.97 Å². The minimum Gasteiger partial charge on any atom is -0.494 e. The first-order chi connectivity index (χ1) is 17.2. The first-order valence-electron chi connectivity index (χ1n) is 12.2. The molecule has 186 valence electrons. The van der Waals surface area contributed by atoms with Gasteiger partial charge in [-0.15, -0.1) is 5.10 Å². The van der Waals surface area contributed by atoms with Crippen molar-refractivity contribution in [1.29, 1.82) is 0 Å². The Morgan fingerprint density at radius 2 is 1.86 bits per heavy atom. The van der Waals surface area contributed by atoms with Gasteiger partial charge in [-0.3, -0.25) is 4.68 Å². The summed E-state index contributed by atoms with van der Waals surface area (Å²) in [6.07, 6.45) is 5.12. The second-order valence-corrected chi connectivity index (χ2v) is 10.7. The molecule has 1 fully saturated rings. The lowest BCUT2D eigenvalue weighted by Crippen LogP contribution is -2.11. The highest BCUT2D eigenvalue weighted by Gasteiger charge is 2.46. The fourth-order valence-corrected chi connectivity index (χ4v) is 4.50. The molecule has 4 aromatic rings. The Kier molecular flexibility index (Phi) is 6.12. The highest BCUT2D eigenvalue weighted by atomic mass is 16.5. The highest BCUT2D eigenvalue weighted by molar-refractivity contribution is 5.89. The van der Waals surface area contributed by atoms with Crippen molar-refractivity contribution in [3.05, 3.63) is 77.9 Å². The summed E-state index contributed by atoms with van der Waals surface area (Å²) in [6, 6.07) is 16.1. The Bertz CT molecular complexity index is 1400. The normalized spacial score (nSPS) is 17.2. The third kappa shape index (κ3) is 5.03. The van der Waals surface area contributed by atoms with E-state index in [0.29, 0.717) is 12.3 Å². The average molecular weight is 486 g/mol. The molecule has 1 N–H and O–H groups in total. The van der Waals surface area contributed by atoms with Crippen LogP contribution in [-0.4, -0.2) is 42.5 Å². The standard InChI is InChI=1S/C28H31N5O3/c1-28(2,3)11-12-36-21-10-6-8-19(14-21)18-7-5-9-20(13-18)33-26(24(16-29-33)27(34)35)23-15-22(23)25-17-32(4)31-30-25/h5-10,13-14,16-17,22-23H,11-12,15H2,1-4H3,(H,34,35). The van der Waals surface area contributed by atoms with Gasteiger partial charge in [-0.2, -0.15) is 5.10 Å². The van der Waals surface area contributed by atoms with Gasteiger partial charge in [-0.05, 0) is 53.6 Å². The molecule has 0 aliphatic heterocycles. The number of nitrogens with zero attached hydrogens (tertiary/aromatic N) is 5. The van der Waals surface area contributed by atoms with E-state index in [2.05, 4.69) is 36.2 Å². The number of aromatic carboxylic acids is 1. The van der Waals surface area contributed by atoms with Crippen LogP contribution >= 0.6 is 0 Å². The largest absolute Gasteiger partial charge is 0.494 e. The molecule has 0 spiro atoms. The lowest BCUT2D eigenvalue weighted by molar-refractivity contribution is 0.0695. The Morgan fingerprint density at radius 1 is 1.11 bits per heavy atom. The van der Waals surface area contributed by atoms with Crippen LogP contribution in [0.4, 0.5) is 0 Å². The van der Waals surface area contributed by atoms with E-state index in [1.165, 1.54) is 6.20 Å². The van der Waals surface area contributed by atoms with Crippen molar-refractivity contribution in [1.82, 2.24) is 24.8 Å². The van der Waals surface area contributed by atoms with Gasteiger partial charge in [-0.1, -0.05) is 50.3 Å². The molecule has 2 aromatic heterocycles. The van der Waals surface area contributed by atoms with E-state index < -0.39 is 5.97 Å². The van der Waals surface area contributed by atoms with E-state index in [1.54, 1.807) is 9.36 Å². The molecule has 0 amide bonds. The second-order valence-electron chi connectivity index (χ2n) is 10.7. The lowest BCUT2D eigenvalue weighted by Gasteiger charge is -2.18. The molecule has 36 heavy (non-hydrogen) atoms. The summed E-state index contributed by atoms with van der Waals surface area (Å²) in [5.74, 6) is 0.0213.